The van der Waals surface area contributed by atoms with E-state index in [1.54, 1.807) is 31.3 Å². The molecule has 0 fully saturated rings. The van der Waals surface area contributed by atoms with Gasteiger partial charge in [-0.15, -0.1) is 0 Å². The van der Waals surface area contributed by atoms with E-state index in [9.17, 15) is 9.59 Å². The summed E-state index contributed by atoms with van der Waals surface area (Å²) >= 11 is 0. The highest BCUT2D eigenvalue weighted by molar-refractivity contribution is 5.90. The lowest BCUT2D eigenvalue weighted by atomic mass is 10.2. The molecule has 0 aliphatic rings. The molecule has 0 unspecified atom stereocenters. The van der Waals surface area contributed by atoms with Crippen LogP contribution in [0.15, 0.2) is 24.3 Å². The van der Waals surface area contributed by atoms with Crippen molar-refractivity contribution < 1.29 is 9.59 Å². The molecule has 0 atom stereocenters. The average molecular weight is 278 g/mol. The van der Waals surface area contributed by atoms with Crippen molar-refractivity contribution in [2.24, 2.45) is 0 Å². The van der Waals surface area contributed by atoms with Gasteiger partial charge in [-0.05, 0) is 44.3 Å². The van der Waals surface area contributed by atoms with Gasteiger partial charge in [0.1, 0.15) is 0 Å². The largest absolute Gasteiger partial charge is 0.399 e. The van der Waals surface area contributed by atoms with Gasteiger partial charge in [0.05, 0.1) is 6.54 Å². The minimum Gasteiger partial charge on any atom is -0.399 e. The lowest BCUT2D eigenvalue weighted by Crippen LogP contribution is -2.33. The smallest absolute Gasteiger partial charge is 0.233 e. The molecule has 0 aliphatic carbocycles. The fourth-order valence-corrected chi connectivity index (χ4v) is 1.70. The zero-order valence-corrected chi connectivity index (χ0v) is 12.0. The fourth-order valence-electron chi connectivity index (χ4n) is 1.70. The first kappa shape index (κ1) is 16.0. The Labute approximate surface area is 119 Å². The van der Waals surface area contributed by atoms with E-state index in [4.69, 9.17) is 5.73 Å². The van der Waals surface area contributed by atoms with Crippen molar-refractivity contribution in [3.63, 3.8) is 0 Å². The van der Waals surface area contributed by atoms with Crippen molar-refractivity contribution in [3.8, 4) is 0 Å². The molecule has 0 spiro atoms. The maximum atomic E-state index is 11.7. The Morgan fingerprint density at radius 2 is 1.85 bits per heavy atom. The number of likely N-dealkylation sites (N-methyl/N-ethyl adjacent to an activating group) is 2. The molecular formula is C14H22N4O2. The number of hydrogen-bond donors (Lipinski definition) is 3. The Kier molecular flexibility index (Phi) is 6.52. The van der Waals surface area contributed by atoms with Crippen molar-refractivity contribution in [2.45, 2.75) is 12.8 Å². The van der Waals surface area contributed by atoms with E-state index < -0.39 is 0 Å². The van der Waals surface area contributed by atoms with Crippen LogP contribution in [0.5, 0.6) is 0 Å². The Bertz CT molecular complexity index is 445. The van der Waals surface area contributed by atoms with Gasteiger partial charge >= 0.3 is 0 Å². The van der Waals surface area contributed by atoms with E-state index in [0.717, 1.165) is 5.69 Å². The number of benzene rings is 1. The number of rotatable bonds is 7. The fraction of sp³-hybridized carbons (Fsp3) is 0.429. The van der Waals surface area contributed by atoms with Crippen LogP contribution in [0.1, 0.15) is 12.8 Å². The third kappa shape index (κ3) is 6.19. The van der Waals surface area contributed by atoms with E-state index in [1.807, 2.05) is 11.9 Å². The van der Waals surface area contributed by atoms with Gasteiger partial charge in [0, 0.05) is 24.8 Å². The Morgan fingerprint density at radius 3 is 2.45 bits per heavy atom. The van der Waals surface area contributed by atoms with Gasteiger partial charge in [0.15, 0.2) is 0 Å². The first-order valence-electron chi connectivity index (χ1n) is 6.56. The molecule has 0 aliphatic heterocycles. The second kappa shape index (κ2) is 8.16. The molecule has 0 aromatic heterocycles. The summed E-state index contributed by atoms with van der Waals surface area (Å²) in [5.41, 5.74) is 6.98. The molecule has 6 heteroatoms. The number of nitrogens with zero attached hydrogens (tertiary/aromatic N) is 1. The van der Waals surface area contributed by atoms with Crippen LogP contribution in [0.4, 0.5) is 11.4 Å². The number of amides is 2. The highest BCUT2D eigenvalue weighted by Gasteiger charge is 2.06. The summed E-state index contributed by atoms with van der Waals surface area (Å²) in [7, 11) is 3.46. The topological polar surface area (TPSA) is 87.5 Å². The van der Waals surface area contributed by atoms with E-state index in [-0.39, 0.29) is 11.8 Å². The molecule has 0 radical (unpaired) electrons. The standard InChI is InChI=1S/C14H22N4O2/c1-16-14(20)10-18(2)9-3-4-13(19)17-12-7-5-11(15)6-8-12/h5-8H,3-4,9-10,15H2,1-2H3,(H,16,20)(H,17,19). The van der Waals surface area contributed by atoms with E-state index in [2.05, 4.69) is 10.6 Å². The molecule has 2 amide bonds. The predicted octanol–water partition coefficient (Wildman–Crippen LogP) is 0.665. The highest BCUT2D eigenvalue weighted by atomic mass is 16.2. The molecule has 0 bridgehead atoms. The van der Waals surface area contributed by atoms with Gasteiger partial charge in [-0.2, -0.15) is 0 Å². The monoisotopic (exact) mass is 278 g/mol. The van der Waals surface area contributed by atoms with Crippen LogP contribution in [0, 0.1) is 0 Å². The number of carbonyl (C=O) groups excluding carboxylic acids is 2. The van der Waals surface area contributed by atoms with Crippen LogP contribution in [0.3, 0.4) is 0 Å². The van der Waals surface area contributed by atoms with Crippen LogP contribution in [-0.4, -0.2) is 43.9 Å². The zero-order chi connectivity index (χ0) is 15.0. The highest BCUT2D eigenvalue weighted by Crippen LogP contribution is 2.10. The lowest BCUT2D eigenvalue weighted by molar-refractivity contribution is -0.121. The molecule has 20 heavy (non-hydrogen) atoms. The Hall–Kier alpha value is -2.08. The molecule has 0 heterocycles. The molecule has 4 N–H and O–H groups in total. The molecule has 6 nitrogen and oxygen atoms in total. The summed E-state index contributed by atoms with van der Waals surface area (Å²) in [6.45, 7) is 1.04. The number of nitrogens with one attached hydrogen (secondary N) is 2. The minimum absolute atomic E-state index is 0.0289. The second-order valence-electron chi connectivity index (χ2n) is 4.68. The van der Waals surface area contributed by atoms with Crippen LogP contribution < -0.4 is 16.4 Å². The maximum absolute atomic E-state index is 11.7. The minimum atomic E-state index is -0.0388. The lowest BCUT2D eigenvalue weighted by Gasteiger charge is -2.15. The number of carbonyl (C=O) groups is 2. The van der Waals surface area contributed by atoms with Gasteiger partial charge in [0.2, 0.25) is 11.8 Å². The quantitative estimate of drug-likeness (QED) is 0.640. The number of anilines is 2. The predicted molar refractivity (Wildman–Crippen MR) is 80.3 cm³/mol. The van der Waals surface area contributed by atoms with Crippen LogP contribution in [-0.2, 0) is 9.59 Å². The molecular weight excluding hydrogens is 256 g/mol. The van der Waals surface area contributed by atoms with Gasteiger partial charge in [-0.25, -0.2) is 0 Å². The first-order chi connectivity index (χ1) is 9.51. The Balaban J connectivity index is 2.23. The molecule has 0 saturated heterocycles. The number of nitrogen functional groups attached to an aromatic ring is 1. The SMILES string of the molecule is CNC(=O)CN(C)CCCC(=O)Nc1ccc(N)cc1. The van der Waals surface area contributed by atoms with E-state index >= 15 is 0 Å². The molecule has 1 aromatic rings. The maximum Gasteiger partial charge on any atom is 0.233 e. The summed E-state index contributed by atoms with van der Waals surface area (Å²) in [5.74, 6) is -0.0676. The number of hydrogen-bond acceptors (Lipinski definition) is 4. The van der Waals surface area contributed by atoms with Crippen LogP contribution in [0.2, 0.25) is 0 Å². The molecule has 0 saturated carbocycles. The van der Waals surface area contributed by atoms with Gasteiger partial charge < -0.3 is 16.4 Å². The second-order valence-corrected chi connectivity index (χ2v) is 4.68. The zero-order valence-electron chi connectivity index (χ0n) is 12.0. The van der Waals surface area contributed by atoms with Crippen LogP contribution >= 0.6 is 0 Å². The summed E-state index contributed by atoms with van der Waals surface area (Å²) in [6.07, 6.45) is 1.12. The van der Waals surface area contributed by atoms with Crippen molar-refractivity contribution in [1.82, 2.24) is 10.2 Å². The normalized spacial score (nSPS) is 10.3. The van der Waals surface area contributed by atoms with Crippen molar-refractivity contribution >= 4 is 23.2 Å². The summed E-state index contributed by atoms with van der Waals surface area (Å²) in [4.78, 5) is 24.7. The average Bonchev–Trinajstić information content (AvgIpc) is 2.41. The molecule has 1 aromatic carbocycles. The van der Waals surface area contributed by atoms with Crippen molar-refractivity contribution in [1.29, 1.82) is 0 Å². The van der Waals surface area contributed by atoms with E-state index in [1.165, 1.54) is 0 Å². The number of nitrogens with two attached hydrogens (primary N) is 1. The molecule has 110 valence electrons. The first-order valence-corrected chi connectivity index (χ1v) is 6.56. The third-order valence-electron chi connectivity index (χ3n) is 2.83. The molecule has 1 rings (SSSR count). The van der Waals surface area contributed by atoms with Gasteiger partial charge in [0.25, 0.3) is 0 Å². The summed E-state index contributed by atoms with van der Waals surface area (Å²) in [6, 6.07) is 7.02. The van der Waals surface area contributed by atoms with Crippen LogP contribution in [0.25, 0.3) is 0 Å². The summed E-state index contributed by atoms with van der Waals surface area (Å²) < 4.78 is 0. The van der Waals surface area contributed by atoms with Gasteiger partial charge in [-0.1, -0.05) is 0 Å². The van der Waals surface area contributed by atoms with Crippen molar-refractivity contribution in [3.05, 3.63) is 24.3 Å². The van der Waals surface area contributed by atoms with Crippen molar-refractivity contribution in [2.75, 3.05) is 38.2 Å². The van der Waals surface area contributed by atoms with E-state index in [0.29, 0.717) is 31.6 Å². The van der Waals surface area contributed by atoms with Gasteiger partial charge in [-0.3, -0.25) is 14.5 Å². The third-order valence-corrected chi connectivity index (χ3v) is 2.83. The summed E-state index contributed by atoms with van der Waals surface area (Å²) in [5, 5.41) is 5.36. The Morgan fingerprint density at radius 1 is 1.20 bits per heavy atom.